The molecule has 0 aromatic heterocycles. The molecule has 0 aliphatic carbocycles. The molecule has 0 saturated heterocycles. The lowest BCUT2D eigenvalue weighted by Gasteiger charge is -2.09. The van der Waals surface area contributed by atoms with E-state index in [0.29, 0.717) is 13.0 Å². The van der Waals surface area contributed by atoms with Crippen LogP contribution >= 0.6 is 0 Å². The van der Waals surface area contributed by atoms with Gasteiger partial charge in [-0.1, -0.05) is 30.3 Å². The van der Waals surface area contributed by atoms with Crippen LogP contribution < -0.4 is 5.73 Å². The monoisotopic (exact) mass is 206 g/mol. The topological polar surface area (TPSA) is 50.1 Å². The Morgan fingerprint density at radius 3 is 2.67 bits per heavy atom. The number of aryl methyl sites for hydroxylation is 1. The molecule has 0 amide bonds. The van der Waals surface area contributed by atoms with E-state index in [9.17, 15) is 4.79 Å². The molecule has 15 heavy (non-hydrogen) atoms. The van der Waals surface area contributed by atoms with E-state index >= 15 is 0 Å². The molecule has 3 heteroatoms. The predicted octanol–water partition coefficient (Wildman–Crippen LogP) is 1.83. The molecule has 1 atom stereocenters. The lowest BCUT2D eigenvalue weighted by atomic mass is 10.1. The molecule has 1 unspecified atom stereocenters. The zero-order chi connectivity index (χ0) is 11.1. The lowest BCUT2D eigenvalue weighted by molar-refractivity contribution is -0.145. The van der Waals surface area contributed by atoms with Gasteiger partial charge < -0.3 is 4.74 Å². The molecular weight excluding hydrogens is 190 g/mol. The first-order valence-corrected chi connectivity index (χ1v) is 5.15. The molecule has 1 radical (unpaired) electrons. The second kappa shape index (κ2) is 6.19. The number of carbonyl (C=O) groups excluding carboxylic acids is 1. The van der Waals surface area contributed by atoms with Crippen molar-refractivity contribution in [2.24, 2.45) is 0 Å². The first-order chi connectivity index (χ1) is 7.24. The van der Waals surface area contributed by atoms with Crippen molar-refractivity contribution in [1.82, 2.24) is 5.73 Å². The Balaban J connectivity index is 2.34. The summed E-state index contributed by atoms with van der Waals surface area (Å²) in [6.45, 7) is 2.10. The minimum atomic E-state index is -0.759. The molecule has 0 aliphatic heterocycles. The maximum Gasteiger partial charge on any atom is 0.324 e. The highest BCUT2D eigenvalue weighted by molar-refractivity contribution is 5.75. The standard InChI is InChI=1S/C12H16NO2/c1-2-15-12(14)11(13)9-8-10-6-4-3-5-7-10/h3-7,11,13H,2,8-9H2,1H3. The van der Waals surface area contributed by atoms with Gasteiger partial charge in [0.1, 0.15) is 6.04 Å². The largest absolute Gasteiger partial charge is 0.465 e. The maximum atomic E-state index is 11.2. The summed E-state index contributed by atoms with van der Waals surface area (Å²) >= 11 is 0. The minimum Gasteiger partial charge on any atom is -0.465 e. The van der Waals surface area contributed by atoms with E-state index < -0.39 is 12.0 Å². The van der Waals surface area contributed by atoms with E-state index in [4.69, 9.17) is 10.5 Å². The second-order valence-electron chi connectivity index (χ2n) is 3.33. The zero-order valence-corrected chi connectivity index (χ0v) is 8.90. The fraction of sp³-hybridized carbons (Fsp3) is 0.417. The van der Waals surface area contributed by atoms with E-state index in [0.717, 1.165) is 12.0 Å². The SMILES string of the molecule is CCOC(=O)C([NH])CCc1ccccc1. The van der Waals surface area contributed by atoms with Crippen molar-refractivity contribution in [2.75, 3.05) is 6.61 Å². The van der Waals surface area contributed by atoms with Gasteiger partial charge >= 0.3 is 5.97 Å². The molecule has 1 N–H and O–H groups in total. The number of rotatable bonds is 5. The highest BCUT2D eigenvalue weighted by atomic mass is 16.5. The number of hydrogen-bond donors (Lipinski definition) is 0. The Labute approximate surface area is 90.2 Å². The van der Waals surface area contributed by atoms with Crippen LogP contribution in [0.2, 0.25) is 0 Å². The van der Waals surface area contributed by atoms with Crippen LogP contribution in [0, 0.1) is 0 Å². The summed E-state index contributed by atoms with van der Waals surface area (Å²) in [6, 6.07) is 9.10. The third-order valence-corrected chi connectivity index (χ3v) is 2.14. The van der Waals surface area contributed by atoms with Gasteiger partial charge in [-0.25, -0.2) is 5.73 Å². The molecule has 0 heterocycles. The smallest absolute Gasteiger partial charge is 0.324 e. The Morgan fingerprint density at radius 2 is 2.07 bits per heavy atom. The van der Waals surface area contributed by atoms with Crippen LogP contribution in [0.25, 0.3) is 0 Å². The first-order valence-electron chi connectivity index (χ1n) is 5.15. The summed E-state index contributed by atoms with van der Waals surface area (Å²) in [5.41, 5.74) is 8.71. The maximum absolute atomic E-state index is 11.2. The Bertz CT molecular complexity index is 298. The molecule has 3 nitrogen and oxygen atoms in total. The fourth-order valence-corrected chi connectivity index (χ4v) is 1.32. The number of esters is 1. The molecule has 0 bridgehead atoms. The Kier molecular flexibility index (Phi) is 4.84. The normalized spacial score (nSPS) is 12.1. The molecule has 0 fully saturated rings. The van der Waals surface area contributed by atoms with Crippen molar-refractivity contribution in [3.63, 3.8) is 0 Å². The summed E-state index contributed by atoms with van der Waals surface area (Å²) in [5, 5.41) is 0. The van der Waals surface area contributed by atoms with Crippen molar-refractivity contribution >= 4 is 5.97 Å². The van der Waals surface area contributed by atoms with Gasteiger partial charge in [0.15, 0.2) is 0 Å². The van der Waals surface area contributed by atoms with E-state index in [1.54, 1.807) is 6.92 Å². The van der Waals surface area contributed by atoms with E-state index in [2.05, 4.69) is 0 Å². The summed E-state index contributed by atoms with van der Waals surface area (Å²) in [6.07, 6.45) is 1.26. The van der Waals surface area contributed by atoms with Gasteiger partial charge in [-0.05, 0) is 25.3 Å². The van der Waals surface area contributed by atoms with Crippen LogP contribution in [-0.4, -0.2) is 18.6 Å². The molecule has 1 aromatic carbocycles. The summed E-state index contributed by atoms with van der Waals surface area (Å²) in [4.78, 5) is 11.2. The molecule has 0 spiro atoms. The molecular formula is C12H16NO2. The van der Waals surface area contributed by atoms with Crippen LogP contribution in [0.3, 0.4) is 0 Å². The first kappa shape index (κ1) is 11.7. The van der Waals surface area contributed by atoms with Crippen molar-refractivity contribution in [3.8, 4) is 0 Å². The van der Waals surface area contributed by atoms with Gasteiger partial charge in [-0.3, -0.25) is 4.79 Å². The summed E-state index contributed by atoms with van der Waals surface area (Å²) in [7, 11) is 0. The highest BCUT2D eigenvalue weighted by Crippen LogP contribution is 2.05. The number of ether oxygens (including phenoxy) is 1. The van der Waals surface area contributed by atoms with Gasteiger partial charge in [0.05, 0.1) is 6.61 Å². The number of carbonyl (C=O) groups is 1. The van der Waals surface area contributed by atoms with Crippen LogP contribution in [0.5, 0.6) is 0 Å². The van der Waals surface area contributed by atoms with E-state index in [1.165, 1.54) is 0 Å². The molecule has 0 saturated carbocycles. The van der Waals surface area contributed by atoms with Crippen LogP contribution in [0.15, 0.2) is 30.3 Å². The zero-order valence-electron chi connectivity index (χ0n) is 8.90. The van der Waals surface area contributed by atoms with E-state index in [1.807, 2.05) is 30.3 Å². The van der Waals surface area contributed by atoms with Gasteiger partial charge in [-0.2, -0.15) is 0 Å². The minimum absolute atomic E-state index is 0.347. The predicted molar refractivity (Wildman–Crippen MR) is 58.3 cm³/mol. The second-order valence-corrected chi connectivity index (χ2v) is 3.33. The number of benzene rings is 1. The lowest BCUT2D eigenvalue weighted by Crippen LogP contribution is -2.25. The quantitative estimate of drug-likeness (QED) is 0.690. The number of nitrogens with one attached hydrogen (secondary N) is 1. The highest BCUT2D eigenvalue weighted by Gasteiger charge is 2.14. The molecule has 1 rings (SSSR count). The van der Waals surface area contributed by atoms with E-state index in [-0.39, 0.29) is 0 Å². The molecule has 0 aliphatic rings. The Morgan fingerprint density at radius 1 is 1.40 bits per heavy atom. The van der Waals surface area contributed by atoms with Crippen LogP contribution in [0.4, 0.5) is 0 Å². The van der Waals surface area contributed by atoms with Crippen molar-refractivity contribution in [2.45, 2.75) is 25.8 Å². The van der Waals surface area contributed by atoms with Crippen molar-refractivity contribution in [3.05, 3.63) is 35.9 Å². The summed E-state index contributed by atoms with van der Waals surface area (Å²) < 4.78 is 4.77. The van der Waals surface area contributed by atoms with Gasteiger partial charge in [-0.15, -0.1) is 0 Å². The fourth-order valence-electron chi connectivity index (χ4n) is 1.32. The van der Waals surface area contributed by atoms with Gasteiger partial charge in [0.2, 0.25) is 0 Å². The van der Waals surface area contributed by atoms with Crippen molar-refractivity contribution < 1.29 is 9.53 Å². The summed E-state index contributed by atoms with van der Waals surface area (Å²) in [5.74, 6) is -0.423. The third kappa shape index (κ3) is 4.13. The Hall–Kier alpha value is -1.35. The van der Waals surface area contributed by atoms with Gasteiger partial charge in [0.25, 0.3) is 0 Å². The third-order valence-electron chi connectivity index (χ3n) is 2.14. The average molecular weight is 206 g/mol. The molecule has 1 aromatic rings. The average Bonchev–Trinajstić information content (AvgIpc) is 2.27. The molecule has 81 valence electrons. The van der Waals surface area contributed by atoms with Gasteiger partial charge in [0, 0.05) is 0 Å². The van der Waals surface area contributed by atoms with Crippen LogP contribution in [0.1, 0.15) is 18.9 Å². The number of hydrogen-bond acceptors (Lipinski definition) is 2. The van der Waals surface area contributed by atoms with Crippen molar-refractivity contribution in [1.29, 1.82) is 0 Å². The van der Waals surface area contributed by atoms with Crippen LogP contribution in [-0.2, 0) is 16.0 Å².